The van der Waals surface area contributed by atoms with E-state index in [4.69, 9.17) is 11.5 Å². The number of hydrogen-bond acceptors (Lipinski definition) is 2. The van der Waals surface area contributed by atoms with Crippen molar-refractivity contribution in [3.8, 4) is 0 Å². The summed E-state index contributed by atoms with van der Waals surface area (Å²) < 4.78 is 0. The fourth-order valence-electron chi connectivity index (χ4n) is 3.28. The first-order chi connectivity index (χ1) is 4.30. The van der Waals surface area contributed by atoms with Gasteiger partial charge in [0.1, 0.15) is 0 Å². The molecule has 2 nitrogen and oxygen atoms in total. The molecule has 4 saturated carbocycles. The van der Waals surface area contributed by atoms with Crippen LogP contribution in [-0.2, 0) is 0 Å². The summed E-state index contributed by atoms with van der Waals surface area (Å²) in [5, 5.41) is 0. The van der Waals surface area contributed by atoms with Crippen molar-refractivity contribution in [3.63, 3.8) is 0 Å². The Labute approximate surface area is 54.6 Å². The van der Waals surface area contributed by atoms with Crippen LogP contribution in [0.5, 0.6) is 0 Å². The Morgan fingerprint density at radius 3 is 1.56 bits per heavy atom. The first-order valence-electron chi connectivity index (χ1n) is 3.82. The van der Waals surface area contributed by atoms with Crippen molar-refractivity contribution in [3.05, 3.63) is 0 Å². The van der Waals surface area contributed by atoms with E-state index in [1.807, 2.05) is 0 Å². The highest BCUT2D eigenvalue weighted by atomic mass is 14.9. The Bertz CT molecular complexity index is 148. The van der Waals surface area contributed by atoms with Crippen LogP contribution in [-0.4, -0.2) is 12.1 Å². The monoisotopic (exact) mass is 124 g/mol. The molecule has 0 aromatic rings. The Morgan fingerprint density at radius 1 is 0.889 bits per heavy atom. The smallest absolute Gasteiger partial charge is 0.0117 e. The van der Waals surface area contributed by atoms with Crippen LogP contribution in [0.25, 0.3) is 0 Å². The normalized spacial score (nSPS) is 75.3. The maximum atomic E-state index is 5.92. The number of rotatable bonds is 0. The lowest BCUT2D eigenvalue weighted by Gasteiger charge is -2.11. The molecule has 0 aromatic carbocycles. The van der Waals surface area contributed by atoms with Crippen LogP contribution in [0, 0.1) is 23.7 Å². The quantitative estimate of drug-likeness (QED) is 0.459. The topological polar surface area (TPSA) is 52.0 Å². The minimum atomic E-state index is 0.481. The summed E-state index contributed by atoms with van der Waals surface area (Å²) in [4.78, 5) is 0. The molecule has 4 aliphatic carbocycles. The van der Waals surface area contributed by atoms with Gasteiger partial charge in [0.25, 0.3) is 0 Å². The SMILES string of the molecule is N[C@@H]1C2CC3[C@H]([C@H]31)[C@H]2N. The van der Waals surface area contributed by atoms with Crippen LogP contribution >= 0.6 is 0 Å². The maximum absolute atomic E-state index is 5.92. The van der Waals surface area contributed by atoms with E-state index in [2.05, 4.69) is 0 Å². The van der Waals surface area contributed by atoms with Gasteiger partial charge in [-0.1, -0.05) is 0 Å². The van der Waals surface area contributed by atoms with Gasteiger partial charge in [-0.25, -0.2) is 0 Å². The standard InChI is InChI=1S/C7H12N2/c8-6-3-1-2-4(6)5(2)7(3)9/h2-7H,1,8-9H2/t2?,3?,4-,5+,6+,7-. The zero-order valence-electron chi connectivity index (χ0n) is 5.33. The second-order valence-electron chi connectivity index (χ2n) is 3.87. The first kappa shape index (κ1) is 4.69. The zero-order chi connectivity index (χ0) is 6.17. The van der Waals surface area contributed by atoms with Crippen molar-refractivity contribution in [2.24, 2.45) is 35.1 Å². The molecule has 4 aliphatic rings. The lowest BCUT2D eigenvalue weighted by Crippen LogP contribution is -2.32. The van der Waals surface area contributed by atoms with Crippen molar-refractivity contribution in [1.29, 1.82) is 0 Å². The molecule has 2 unspecified atom stereocenters. The van der Waals surface area contributed by atoms with Gasteiger partial charge in [0.2, 0.25) is 0 Å². The Hall–Kier alpha value is -0.0800. The van der Waals surface area contributed by atoms with Gasteiger partial charge in [0, 0.05) is 12.1 Å². The highest BCUT2D eigenvalue weighted by Gasteiger charge is 2.71. The van der Waals surface area contributed by atoms with Gasteiger partial charge >= 0.3 is 0 Å². The Morgan fingerprint density at radius 2 is 1.44 bits per heavy atom. The van der Waals surface area contributed by atoms with Gasteiger partial charge in [-0.05, 0) is 30.1 Å². The highest BCUT2D eigenvalue weighted by molar-refractivity contribution is 5.24. The van der Waals surface area contributed by atoms with E-state index in [0.29, 0.717) is 18.0 Å². The van der Waals surface area contributed by atoms with Gasteiger partial charge in [-0.3, -0.25) is 0 Å². The average Bonchev–Trinajstić information content (AvgIpc) is 2.18. The summed E-state index contributed by atoms with van der Waals surface area (Å²) in [6, 6.07) is 0.963. The molecular formula is C7H12N2. The maximum Gasteiger partial charge on any atom is 0.0117 e. The van der Waals surface area contributed by atoms with E-state index in [1.54, 1.807) is 0 Å². The molecule has 4 fully saturated rings. The molecule has 0 saturated heterocycles. The van der Waals surface area contributed by atoms with Crippen molar-refractivity contribution in [1.82, 2.24) is 0 Å². The molecule has 0 amide bonds. The Balaban J connectivity index is 2.07. The third kappa shape index (κ3) is 0.310. The summed E-state index contributed by atoms with van der Waals surface area (Å²) in [6.45, 7) is 0. The van der Waals surface area contributed by atoms with E-state index in [-0.39, 0.29) is 0 Å². The molecule has 50 valence electrons. The predicted octanol–water partition coefficient (Wildman–Crippen LogP) is -0.463. The highest BCUT2D eigenvalue weighted by Crippen LogP contribution is 2.68. The summed E-state index contributed by atoms with van der Waals surface area (Å²) in [7, 11) is 0. The molecule has 6 atom stereocenters. The Kier molecular flexibility index (Phi) is 0.552. The van der Waals surface area contributed by atoms with Crippen molar-refractivity contribution in [2.75, 3.05) is 0 Å². The third-order valence-electron chi connectivity index (χ3n) is 3.71. The van der Waals surface area contributed by atoms with E-state index in [9.17, 15) is 0 Å². The largest absolute Gasteiger partial charge is 0.327 e. The minimum absolute atomic E-state index is 0.481. The van der Waals surface area contributed by atoms with Crippen molar-refractivity contribution >= 4 is 0 Å². The number of hydrogen-bond donors (Lipinski definition) is 2. The summed E-state index contributed by atoms with van der Waals surface area (Å²) in [5.74, 6) is 3.36. The summed E-state index contributed by atoms with van der Waals surface area (Å²) >= 11 is 0. The lowest BCUT2D eigenvalue weighted by atomic mass is 10.0. The number of nitrogens with two attached hydrogens (primary N) is 2. The summed E-state index contributed by atoms with van der Waals surface area (Å²) in [5.41, 5.74) is 11.8. The molecule has 0 aliphatic heterocycles. The lowest BCUT2D eigenvalue weighted by molar-refractivity contribution is 0.473. The third-order valence-corrected chi connectivity index (χ3v) is 3.71. The fourth-order valence-corrected chi connectivity index (χ4v) is 3.28. The van der Waals surface area contributed by atoms with Gasteiger partial charge in [0.05, 0.1) is 0 Å². The minimum Gasteiger partial charge on any atom is -0.327 e. The van der Waals surface area contributed by atoms with Gasteiger partial charge in [0.15, 0.2) is 0 Å². The molecule has 4 N–H and O–H groups in total. The fraction of sp³-hybridized carbons (Fsp3) is 1.00. The van der Waals surface area contributed by atoms with E-state index >= 15 is 0 Å². The first-order valence-corrected chi connectivity index (χ1v) is 3.82. The van der Waals surface area contributed by atoms with Crippen LogP contribution in [0.1, 0.15) is 6.42 Å². The molecule has 2 heteroatoms. The van der Waals surface area contributed by atoms with Crippen LogP contribution in [0.15, 0.2) is 0 Å². The second-order valence-corrected chi connectivity index (χ2v) is 3.87. The molecule has 0 heterocycles. The average molecular weight is 124 g/mol. The van der Waals surface area contributed by atoms with Crippen LogP contribution in [0.2, 0.25) is 0 Å². The molecular weight excluding hydrogens is 112 g/mol. The van der Waals surface area contributed by atoms with E-state index in [1.165, 1.54) is 6.42 Å². The van der Waals surface area contributed by atoms with Crippen molar-refractivity contribution in [2.45, 2.75) is 18.5 Å². The zero-order valence-corrected chi connectivity index (χ0v) is 5.33. The van der Waals surface area contributed by atoms with Crippen LogP contribution < -0.4 is 11.5 Å². The van der Waals surface area contributed by atoms with Gasteiger partial charge in [-0.15, -0.1) is 0 Å². The predicted molar refractivity (Wildman–Crippen MR) is 34.5 cm³/mol. The van der Waals surface area contributed by atoms with Gasteiger partial charge < -0.3 is 11.5 Å². The molecule has 4 bridgehead atoms. The molecule has 0 spiro atoms. The van der Waals surface area contributed by atoms with Crippen molar-refractivity contribution < 1.29 is 0 Å². The second kappa shape index (κ2) is 1.06. The van der Waals surface area contributed by atoms with Crippen LogP contribution in [0.3, 0.4) is 0 Å². The molecule has 0 radical (unpaired) electrons. The van der Waals surface area contributed by atoms with Gasteiger partial charge in [-0.2, -0.15) is 0 Å². The van der Waals surface area contributed by atoms with E-state index < -0.39 is 0 Å². The summed E-state index contributed by atoms with van der Waals surface area (Å²) in [6.07, 6.45) is 1.34. The van der Waals surface area contributed by atoms with E-state index in [0.717, 1.165) is 17.8 Å². The molecule has 0 aromatic heterocycles. The van der Waals surface area contributed by atoms with Crippen LogP contribution in [0.4, 0.5) is 0 Å². The molecule has 9 heavy (non-hydrogen) atoms. The molecule has 4 rings (SSSR count).